The molecule has 2 bridgehead atoms. The molecule has 3 aliphatic rings. The zero-order valence-electron chi connectivity index (χ0n) is 17.1. The largest absolute Gasteiger partial charge is 0.744 e. The molecular formula is C21H12I3O9S2-. The third kappa shape index (κ3) is 4.70. The molecule has 6 atom stereocenters. The summed E-state index contributed by atoms with van der Waals surface area (Å²) in [7, 11) is -4.64. The molecule has 3 saturated heterocycles. The fourth-order valence-electron chi connectivity index (χ4n) is 4.49. The highest BCUT2D eigenvalue weighted by molar-refractivity contribution is 14.1. The Morgan fingerprint density at radius 3 is 2.40 bits per heavy atom. The average molecular weight is 853 g/mol. The maximum Gasteiger partial charge on any atom is 0.339 e. The highest BCUT2D eigenvalue weighted by Gasteiger charge is 2.71. The predicted molar refractivity (Wildman–Crippen MR) is 146 cm³/mol. The van der Waals surface area contributed by atoms with E-state index in [4.69, 9.17) is 14.2 Å². The Kier molecular flexibility index (Phi) is 7.08. The number of halogens is 3. The van der Waals surface area contributed by atoms with Gasteiger partial charge in [-0.05, 0) is 104 Å². The monoisotopic (exact) mass is 853 g/mol. The quantitative estimate of drug-likeness (QED) is 0.145. The molecule has 3 fully saturated rings. The molecule has 2 aromatic carbocycles. The molecule has 14 heteroatoms. The van der Waals surface area contributed by atoms with Gasteiger partial charge in [0.2, 0.25) is 0 Å². The first-order chi connectivity index (χ1) is 16.5. The Morgan fingerprint density at radius 2 is 1.74 bits per heavy atom. The summed E-state index contributed by atoms with van der Waals surface area (Å²) in [6.45, 7) is 0. The number of hydrogen-bond acceptors (Lipinski definition) is 10. The van der Waals surface area contributed by atoms with Gasteiger partial charge in [0.25, 0.3) is 0 Å². The van der Waals surface area contributed by atoms with Crippen molar-refractivity contribution in [3.63, 3.8) is 0 Å². The molecule has 9 nitrogen and oxygen atoms in total. The van der Waals surface area contributed by atoms with Gasteiger partial charge < -0.3 is 18.8 Å². The summed E-state index contributed by atoms with van der Waals surface area (Å²) in [5.74, 6) is -3.43. The molecule has 3 heterocycles. The van der Waals surface area contributed by atoms with E-state index in [0.29, 0.717) is 5.56 Å². The van der Waals surface area contributed by atoms with Crippen LogP contribution in [0.1, 0.15) is 10.4 Å². The number of fused-ring (bicyclic) bond motifs is 1. The van der Waals surface area contributed by atoms with Crippen LogP contribution in [0.4, 0.5) is 0 Å². The maximum atomic E-state index is 13.1. The van der Waals surface area contributed by atoms with E-state index in [1.54, 1.807) is 6.07 Å². The van der Waals surface area contributed by atoms with Crippen molar-refractivity contribution in [1.82, 2.24) is 0 Å². The summed E-state index contributed by atoms with van der Waals surface area (Å²) in [5.41, 5.74) is 0.392. The van der Waals surface area contributed by atoms with Gasteiger partial charge in [0, 0.05) is 10.7 Å². The van der Waals surface area contributed by atoms with Gasteiger partial charge in [-0.25, -0.2) is 13.2 Å². The lowest BCUT2D eigenvalue weighted by molar-refractivity contribution is -0.149. The standard InChI is InChI=1S/C21H13I3O9S2/c22-7-5-10(14(24)11(23)6-7)19(25)32-15-16-18-13(21(27)33-16)12(17(15)34-18)20(26)31-8-1-3-9(4-2-8)35(28,29)30/h1-6,12-13,15-18H,(H,28,29,30)/p-1. The van der Waals surface area contributed by atoms with E-state index in [1.165, 1.54) is 23.9 Å². The van der Waals surface area contributed by atoms with Gasteiger partial charge >= 0.3 is 17.9 Å². The van der Waals surface area contributed by atoms with Crippen molar-refractivity contribution in [1.29, 1.82) is 0 Å². The molecule has 3 aliphatic heterocycles. The fraction of sp³-hybridized carbons (Fsp3) is 0.286. The van der Waals surface area contributed by atoms with Crippen LogP contribution in [0.25, 0.3) is 0 Å². The van der Waals surface area contributed by atoms with Crippen molar-refractivity contribution in [2.24, 2.45) is 11.8 Å². The number of ether oxygens (including phenoxy) is 3. The number of thioether (sulfide) groups is 1. The zero-order chi connectivity index (χ0) is 25.2. The Balaban J connectivity index is 1.37. The second-order valence-electron chi connectivity index (χ2n) is 7.98. The van der Waals surface area contributed by atoms with Gasteiger partial charge in [0.05, 0.1) is 32.8 Å². The molecule has 0 aromatic heterocycles. The lowest BCUT2D eigenvalue weighted by Gasteiger charge is -2.29. The third-order valence-electron chi connectivity index (χ3n) is 5.96. The van der Waals surface area contributed by atoms with E-state index in [1.807, 2.05) is 6.07 Å². The summed E-state index contributed by atoms with van der Waals surface area (Å²) >= 11 is 7.69. The summed E-state index contributed by atoms with van der Waals surface area (Å²) in [6.07, 6.45) is -1.46. The first kappa shape index (κ1) is 25.9. The Bertz CT molecular complexity index is 1360. The third-order valence-corrected chi connectivity index (χ3v) is 12.2. The second kappa shape index (κ2) is 9.55. The van der Waals surface area contributed by atoms with Crippen molar-refractivity contribution < 1.29 is 41.6 Å². The molecule has 0 N–H and O–H groups in total. The van der Waals surface area contributed by atoms with E-state index >= 15 is 0 Å². The van der Waals surface area contributed by atoms with Crippen LogP contribution in [0, 0.1) is 22.5 Å². The molecule has 6 unspecified atom stereocenters. The molecule has 35 heavy (non-hydrogen) atoms. The van der Waals surface area contributed by atoms with Crippen molar-refractivity contribution in [3.8, 4) is 5.75 Å². The Labute approximate surface area is 244 Å². The van der Waals surface area contributed by atoms with Crippen LogP contribution in [0.15, 0.2) is 41.3 Å². The van der Waals surface area contributed by atoms with Crippen LogP contribution in [0.5, 0.6) is 5.75 Å². The molecular weight excluding hydrogens is 841 g/mol. The Morgan fingerprint density at radius 1 is 1.06 bits per heavy atom. The van der Waals surface area contributed by atoms with Crippen LogP contribution in [0.2, 0.25) is 0 Å². The van der Waals surface area contributed by atoms with E-state index in [0.717, 1.165) is 22.8 Å². The molecule has 5 rings (SSSR count). The molecule has 2 aromatic rings. The molecule has 0 amide bonds. The van der Waals surface area contributed by atoms with E-state index in [9.17, 15) is 27.4 Å². The molecule has 184 valence electrons. The predicted octanol–water partition coefficient (Wildman–Crippen LogP) is 3.19. The highest BCUT2D eigenvalue weighted by atomic mass is 127. The van der Waals surface area contributed by atoms with Crippen LogP contribution >= 0.6 is 79.5 Å². The van der Waals surface area contributed by atoms with Crippen molar-refractivity contribution in [3.05, 3.63) is 52.7 Å². The number of hydrogen-bond donors (Lipinski definition) is 0. The maximum absolute atomic E-state index is 13.1. The second-order valence-corrected chi connectivity index (χ2v) is 14.2. The molecule has 0 aliphatic carbocycles. The summed E-state index contributed by atoms with van der Waals surface area (Å²) in [6, 6.07) is 8.10. The fourth-order valence-corrected chi connectivity index (χ4v) is 9.33. The van der Waals surface area contributed by atoms with Crippen LogP contribution < -0.4 is 4.74 Å². The van der Waals surface area contributed by atoms with Crippen LogP contribution in [0.3, 0.4) is 0 Å². The number of rotatable bonds is 5. The minimum atomic E-state index is -4.64. The van der Waals surface area contributed by atoms with E-state index in [-0.39, 0.29) is 11.0 Å². The minimum absolute atomic E-state index is 0.0228. The summed E-state index contributed by atoms with van der Waals surface area (Å²) in [4.78, 5) is 38.3. The lowest BCUT2D eigenvalue weighted by Crippen LogP contribution is -2.48. The van der Waals surface area contributed by atoms with Crippen molar-refractivity contribution in [2.75, 3.05) is 0 Å². The molecule has 0 saturated carbocycles. The van der Waals surface area contributed by atoms with Gasteiger partial charge in [-0.1, -0.05) is 0 Å². The SMILES string of the molecule is O=C(OC1C2OC(=O)C3C2SC1C3C(=O)Oc1ccc(S(=O)(=O)[O-])cc1)c1cc(I)cc(I)c1I. The van der Waals surface area contributed by atoms with Gasteiger partial charge in [-0.15, -0.1) is 11.8 Å². The minimum Gasteiger partial charge on any atom is -0.744 e. The van der Waals surface area contributed by atoms with Crippen molar-refractivity contribution >= 4 is 108 Å². The van der Waals surface area contributed by atoms with Gasteiger partial charge in [-0.3, -0.25) is 9.59 Å². The topological polar surface area (TPSA) is 136 Å². The number of carbonyl (C=O) groups is 3. The highest BCUT2D eigenvalue weighted by Crippen LogP contribution is 2.59. The van der Waals surface area contributed by atoms with Crippen molar-refractivity contribution in [2.45, 2.75) is 27.6 Å². The van der Waals surface area contributed by atoms with E-state index in [2.05, 4.69) is 67.8 Å². The number of carbonyl (C=O) groups excluding carboxylic acids is 3. The molecule has 0 radical (unpaired) electrons. The molecule has 0 spiro atoms. The van der Waals surface area contributed by atoms with Gasteiger partial charge in [0.1, 0.15) is 15.9 Å². The van der Waals surface area contributed by atoms with Gasteiger partial charge in [-0.2, -0.15) is 0 Å². The number of esters is 3. The Hall–Kier alpha value is -0.700. The summed E-state index contributed by atoms with van der Waals surface area (Å²) in [5, 5.41) is -0.885. The summed E-state index contributed by atoms with van der Waals surface area (Å²) < 4.78 is 52.6. The zero-order valence-corrected chi connectivity index (χ0v) is 25.2. The normalized spacial score (nSPS) is 28.6. The first-order valence-corrected chi connectivity index (χ1v) is 15.5. The van der Waals surface area contributed by atoms with E-state index < -0.39 is 62.2 Å². The van der Waals surface area contributed by atoms with Crippen LogP contribution in [-0.4, -0.2) is 53.6 Å². The lowest BCUT2D eigenvalue weighted by atomic mass is 9.78. The smallest absolute Gasteiger partial charge is 0.339 e. The van der Waals surface area contributed by atoms with Gasteiger partial charge in [0.15, 0.2) is 12.2 Å². The van der Waals surface area contributed by atoms with Crippen LogP contribution in [-0.2, 0) is 29.2 Å². The average Bonchev–Trinajstić information content (AvgIpc) is 3.39. The number of benzene rings is 2. The first-order valence-electron chi connectivity index (χ1n) is 9.95.